The third kappa shape index (κ3) is 4.48. The fourth-order valence-electron chi connectivity index (χ4n) is 2.99. The summed E-state index contributed by atoms with van der Waals surface area (Å²) in [6, 6.07) is 9.00. The summed E-state index contributed by atoms with van der Waals surface area (Å²) in [5.41, 5.74) is 1.11. The van der Waals surface area contributed by atoms with Gasteiger partial charge < -0.3 is 14.2 Å². The van der Waals surface area contributed by atoms with Crippen molar-refractivity contribution in [2.45, 2.75) is 33.3 Å². The molecule has 0 spiro atoms. The van der Waals surface area contributed by atoms with Crippen LogP contribution in [-0.2, 0) is 6.42 Å². The molecule has 1 heterocycles. The Bertz CT molecular complexity index is 1130. The van der Waals surface area contributed by atoms with Crippen molar-refractivity contribution in [2.75, 3.05) is 14.2 Å². The van der Waals surface area contributed by atoms with Gasteiger partial charge in [-0.05, 0) is 44.2 Å². The molecule has 0 saturated carbocycles. The average Bonchev–Trinajstić information content (AvgIpc) is 2.73. The van der Waals surface area contributed by atoms with E-state index in [9.17, 15) is 4.79 Å². The number of methoxy groups -OCH3 is 2. The number of rotatable bonds is 7. The quantitative estimate of drug-likeness (QED) is 0.475. The Hall–Kier alpha value is -2.87. The van der Waals surface area contributed by atoms with Gasteiger partial charge in [-0.3, -0.25) is 4.79 Å². The van der Waals surface area contributed by atoms with Gasteiger partial charge in [-0.25, -0.2) is 4.98 Å². The molecule has 8 heteroatoms. The molecule has 0 saturated heterocycles. The maximum Gasteiger partial charge on any atom is 0.282 e. The lowest BCUT2D eigenvalue weighted by molar-refractivity contribution is 0.218. The zero-order chi connectivity index (χ0) is 21.8. The highest BCUT2D eigenvalue weighted by Crippen LogP contribution is 2.38. The van der Waals surface area contributed by atoms with Crippen LogP contribution in [0.1, 0.15) is 32.2 Å². The van der Waals surface area contributed by atoms with Crippen LogP contribution in [0, 0.1) is 0 Å². The van der Waals surface area contributed by atoms with Crippen LogP contribution >= 0.6 is 15.9 Å². The van der Waals surface area contributed by atoms with Gasteiger partial charge in [0.2, 0.25) is 5.75 Å². The molecule has 30 heavy (non-hydrogen) atoms. The van der Waals surface area contributed by atoms with Crippen molar-refractivity contribution in [1.29, 1.82) is 0 Å². The maximum absolute atomic E-state index is 13.0. The number of aryl methyl sites for hydroxylation is 1. The first-order valence-corrected chi connectivity index (χ1v) is 10.4. The topological polar surface area (TPSA) is 74.9 Å². The van der Waals surface area contributed by atoms with Crippen molar-refractivity contribution in [3.8, 4) is 17.2 Å². The van der Waals surface area contributed by atoms with Crippen LogP contribution < -0.4 is 19.8 Å². The highest BCUT2D eigenvalue weighted by molar-refractivity contribution is 9.10. The van der Waals surface area contributed by atoms with Crippen molar-refractivity contribution < 1.29 is 14.2 Å². The van der Waals surface area contributed by atoms with Crippen molar-refractivity contribution in [2.24, 2.45) is 5.10 Å². The second-order valence-electron chi connectivity index (χ2n) is 6.83. The Balaban J connectivity index is 2.10. The van der Waals surface area contributed by atoms with Crippen LogP contribution in [0.4, 0.5) is 0 Å². The Labute approximate surface area is 183 Å². The molecule has 3 rings (SSSR count). The minimum absolute atomic E-state index is 0.0407. The third-order valence-corrected chi connectivity index (χ3v) is 4.84. The van der Waals surface area contributed by atoms with E-state index in [1.165, 1.54) is 4.68 Å². The highest BCUT2D eigenvalue weighted by Gasteiger charge is 2.15. The predicted octanol–water partition coefficient (Wildman–Crippen LogP) is 4.41. The lowest BCUT2D eigenvalue weighted by Crippen LogP contribution is -2.22. The number of ether oxygens (including phenoxy) is 3. The van der Waals surface area contributed by atoms with Gasteiger partial charge in [0.1, 0.15) is 5.82 Å². The molecule has 0 aliphatic rings. The highest BCUT2D eigenvalue weighted by atomic mass is 79.9. The fraction of sp³-hybridized carbons (Fsp3) is 0.318. The van der Waals surface area contributed by atoms with E-state index in [0.29, 0.717) is 46.0 Å². The zero-order valence-corrected chi connectivity index (χ0v) is 19.2. The number of aromatic nitrogens is 2. The van der Waals surface area contributed by atoms with Gasteiger partial charge in [-0.15, -0.1) is 0 Å². The Morgan fingerprint density at radius 3 is 2.40 bits per heavy atom. The Kier molecular flexibility index (Phi) is 6.77. The van der Waals surface area contributed by atoms with E-state index in [4.69, 9.17) is 14.2 Å². The molecule has 1 aromatic heterocycles. The number of halogens is 1. The minimum Gasteiger partial charge on any atom is -0.493 e. The summed E-state index contributed by atoms with van der Waals surface area (Å²) in [6.07, 6.45) is 2.10. The molecule has 0 aliphatic heterocycles. The van der Waals surface area contributed by atoms with Gasteiger partial charge in [0.05, 0.1) is 37.4 Å². The molecule has 2 aromatic carbocycles. The first-order chi connectivity index (χ1) is 14.4. The molecule has 0 amide bonds. The first-order valence-electron chi connectivity index (χ1n) is 9.56. The molecule has 0 N–H and O–H groups in total. The summed E-state index contributed by atoms with van der Waals surface area (Å²) in [6.45, 7) is 5.79. The smallest absolute Gasteiger partial charge is 0.282 e. The number of nitrogens with zero attached hydrogens (tertiary/aromatic N) is 3. The van der Waals surface area contributed by atoms with Gasteiger partial charge in [0.25, 0.3) is 5.56 Å². The number of hydrogen-bond donors (Lipinski definition) is 0. The fourth-order valence-corrected chi connectivity index (χ4v) is 3.35. The van der Waals surface area contributed by atoms with E-state index < -0.39 is 0 Å². The standard InChI is InChI=1S/C22H24BrN3O4/c1-6-20-25-17-8-7-15(23)11-16(17)22(27)26(20)24-12-14-9-18(28-4)21(30-13(2)3)19(10-14)29-5/h7-13H,6H2,1-5H3. The molecule has 158 valence electrons. The van der Waals surface area contributed by atoms with Crippen LogP contribution in [0.2, 0.25) is 0 Å². The van der Waals surface area contributed by atoms with Gasteiger partial charge in [-0.1, -0.05) is 22.9 Å². The number of benzene rings is 2. The Morgan fingerprint density at radius 1 is 1.17 bits per heavy atom. The third-order valence-electron chi connectivity index (χ3n) is 4.35. The molecule has 0 fully saturated rings. The average molecular weight is 474 g/mol. The molecule has 0 atom stereocenters. The van der Waals surface area contributed by atoms with Crippen LogP contribution in [0.5, 0.6) is 17.2 Å². The summed E-state index contributed by atoms with van der Waals surface area (Å²) in [7, 11) is 3.13. The zero-order valence-electron chi connectivity index (χ0n) is 17.6. The largest absolute Gasteiger partial charge is 0.493 e. The second kappa shape index (κ2) is 9.30. The first kappa shape index (κ1) is 21.8. The number of fused-ring (bicyclic) bond motifs is 1. The predicted molar refractivity (Wildman–Crippen MR) is 121 cm³/mol. The van der Waals surface area contributed by atoms with E-state index in [-0.39, 0.29) is 11.7 Å². The lowest BCUT2D eigenvalue weighted by atomic mass is 10.2. The Morgan fingerprint density at radius 2 is 1.83 bits per heavy atom. The summed E-state index contributed by atoms with van der Waals surface area (Å²) >= 11 is 3.40. The van der Waals surface area contributed by atoms with Gasteiger partial charge in [0.15, 0.2) is 11.5 Å². The SMILES string of the molecule is CCc1nc2ccc(Br)cc2c(=O)n1N=Cc1cc(OC)c(OC(C)C)c(OC)c1. The van der Waals surface area contributed by atoms with E-state index >= 15 is 0 Å². The van der Waals surface area contributed by atoms with Gasteiger partial charge in [-0.2, -0.15) is 9.78 Å². The van der Waals surface area contributed by atoms with Crippen LogP contribution in [0.15, 0.2) is 44.7 Å². The lowest BCUT2D eigenvalue weighted by Gasteiger charge is -2.17. The van der Waals surface area contributed by atoms with E-state index in [0.717, 1.165) is 4.47 Å². The summed E-state index contributed by atoms with van der Waals surface area (Å²) in [4.78, 5) is 17.6. The molecular weight excluding hydrogens is 450 g/mol. The molecule has 0 radical (unpaired) electrons. The van der Waals surface area contributed by atoms with Crippen molar-refractivity contribution in [3.05, 3.63) is 56.5 Å². The van der Waals surface area contributed by atoms with Crippen molar-refractivity contribution in [3.63, 3.8) is 0 Å². The maximum atomic E-state index is 13.0. The van der Waals surface area contributed by atoms with Gasteiger partial charge >= 0.3 is 0 Å². The molecule has 0 unspecified atom stereocenters. The molecule has 0 aliphatic carbocycles. The normalized spacial score (nSPS) is 11.4. The summed E-state index contributed by atoms with van der Waals surface area (Å²) < 4.78 is 18.9. The van der Waals surface area contributed by atoms with Crippen molar-refractivity contribution >= 4 is 33.0 Å². The van der Waals surface area contributed by atoms with Gasteiger partial charge in [0, 0.05) is 16.5 Å². The summed E-state index contributed by atoms with van der Waals surface area (Å²) in [5.74, 6) is 2.14. The van der Waals surface area contributed by atoms with E-state index in [1.807, 2.05) is 32.9 Å². The molecular formula is C22H24BrN3O4. The van der Waals surface area contributed by atoms with Crippen molar-refractivity contribution in [1.82, 2.24) is 9.66 Å². The van der Waals surface area contributed by atoms with Crippen LogP contribution in [0.25, 0.3) is 10.9 Å². The van der Waals surface area contributed by atoms with Crippen LogP contribution in [0.3, 0.4) is 0 Å². The number of hydrogen-bond acceptors (Lipinski definition) is 6. The molecule has 0 bridgehead atoms. The van der Waals surface area contributed by atoms with E-state index in [2.05, 4.69) is 26.0 Å². The second-order valence-corrected chi connectivity index (χ2v) is 7.74. The molecule has 3 aromatic rings. The molecule has 7 nitrogen and oxygen atoms in total. The van der Waals surface area contributed by atoms with Crippen LogP contribution in [-0.4, -0.2) is 36.2 Å². The monoisotopic (exact) mass is 473 g/mol. The van der Waals surface area contributed by atoms with E-state index in [1.54, 1.807) is 38.6 Å². The summed E-state index contributed by atoms with van der Waals surface area (Å²) in [5, 5.41) is 4.91. The minimum atomic E-state index is -0.229.